The molecule has 118 valence electrons. The van der Waals surface area contributed by atoms with Gasteiger partial charge in [-0.1, -0.05) is 64.5 Å². The molecule has 0 aromatic carbocycles. The van der Waals surface area contributed by atoms with Crippen LogP contribution in [0.15, 0.2) is 62.0 Å². The number of allylic oxidation sites excluding steroid dienone is 1. The molecule has 0 aliphatic rings. The van der Waals surface area contributed by atoms with Crippen LogP contribution in [0.25, 0.3) is 17.5 Å². The Bertz CT molecular complexity index is 501. The lowest BCUT2D eigenvalue weighted by atomic mass is 10.2. The SMILES string of the molecule is C=CCCCC.C=Cc1ccc(-c2ccccn2)nc1.CC. The van der Waals surface area contributed by atoms with Crippen LogP contribution in [0, 0.1) is 0 Å². The fourth-order valence-electron chi connectivity index (χ4n) is 1.54. The van der Waals surface area contributed by atoms with E-state index in [2.05, 4.69) is 30.0 Å². The maximum Gasteiger partial charge on any atom is 0.0886 e. The summed E-state index contributed by atoms with van der Waals surface area (Å²) >= 11 is 0. The molecule has 2 aromatic heterocycles. The molecule has 0 saturated carbocycles. The van der Waals surface area contributed by atoms with Gasteiger partial charge >= 0.3 is 0 Å². The molecule has 0 spiro atoms. The van der Waals surface area contributed by atoms with Crippen LogP contribution in [0.4, 0.5) is 0 Å². The average Bonchev–Trinajstić information content (AvgIpc) is 2.63. The van der Waals surface area contributed by atoms with Gasteiger partial charge in [0.2, 0.25) is 0 Å². The fraction of sp³-hybridized carbons (Fsp3) is 0.300. The summed E-state index contributed by atoms with van der Waals surface area (Å²) in [6.45, 7) is 13.5. The minimum absolute atomic E-state index is 0.885. The number of hydrogen-bond donors (Lipinski definition) is 0. The van der Waals surface area contributed by atoms with E-state index in [0.29, 0.717) is 0 Å². The van der Waals surface area contributed by atoms with Crippen molar-refractivity contribution in [3.63, 3.8) is 0 Å². The monoisotopic (exact) mass is 296 g/mol. The second-order valence-corrected chi connectivity index (χ2v) is 4.33. The summed E-state index contributed by atoms with van der Waals surface area (Å²) in [7, 11) is 0. The van der Waals surface area contributed by atoms with Gasteiger partial charge in [0.15, 0.2) is 0 Å². The van der Waals surface area contributed by atoms with Crippen molar-refractivity contribution in [1.82, 2.24) is 9.97 Å². The van der Waals surface area contributed by atoms with Crippen LogP contribution in [0.3, 0.4) is 0 Å². The van der Waals surface area contributed by atoms with Crippen molar-refractivity contribution in [2.45, 2.75) is 40.0 Å². The Hall–Kier alpha value is -2.22. The molecule has 22 heavy (non-hydrogen) atoms. The van der Waals surface area contributed by atoms with Gasteiger partial charge in [-0.15, -0.1) is 6.58 Å². The molecular weight excluding hydrogens is 268 g/mol. The molecule has 0 aliphatic carbocycles. The number of aromatic nitrogens is 2. The molecule has 0 bridgehead atoms. The number of pyridine rings is 2. The normalized spacial score (nSPS) is 8.68. The van der Waals surface area contributed by atoms with E-state index in [-0.39, 0.29) is 0 Å². The largest absolute Gasteiger partial charge is 0.255 e. The lowest BCUT2D eigenvalue weighted by Gasteiger charge is -1.99. The Morgan fingerprint density at radius 1 is 1.00 bits per heavy atom. The van der Waals surface area contributed by atoms with E-state index in [9.17, 15) is 0 Å². The molecule has 0 N–H and O–H groups in total. The third-order valence-electron chi connectivity index (χ3n) is 2.71. The van der Waals surface area contributed by atoms with Crippen molar-refractivity contribution in [2.75, 3.05) is 0 Å². The Kier molecular flexibility index (Phi) is 12.4. The number of rotatable bonds is 5. The highest BCUT2D eigenvalue weighted by atomic mass is 14.8. The number of unbranched alkanes of at least 4 members (excludes halogenated alkanes) is 2. The van der Waals surface area contributed by atoms with Crippen LogP contribution in [0.1, 0.15) is 45.6 Å². The van der Waals surface area contributed by atoms with Gasteiger partial charge in [0, 0.05) is 12.4 Å². The molecule has 0 aliphatic heterocycles. The minimum atomic E-state index is 0.885. The predicted octanol–water partition coefficient (Wildman–Crippen LogP) is 6.18. The van der Waals surface area contributed by atoms with E-state index >= 15 is 0 Å². The zero-order valence-corrected chi connectivity index (χ0v) is 14.1. The lowest BCUT2D eigenvalue weighted by molar-refractivity contribution is 0.816. The highest BCUT2D eigenvalue weighted by Crippen LogP contribution is 2.13. The number of nitrogens with zero attached hydrogens (tertiary/aromatic N) is 2. The van der Waals surface area contributed by atoms with Crippen molar-refractivity contribution >= 4 is 6.08 Å². The third-order valence-corrected chi connectivity index (χ3v) is 2.71. The van der Waals surface area contributed by atoms with Crippen molar-refractivity contribution in [3.8, 4) is 11.4 Å². The van der Waals surface area contributed by atoms with E-state index in [1.165, 1.54) is 19.3 Å². The van der Waals surface area contributed by atoms with Crippen molar-refractivity contribution < 1.29 is 0 Å². The van der Waals surface area contributed by atoms with Crippen LogP contribution in [0.5, 0.6) is 0 Å². The minimum Gasteiger partial charge on any atom is -0.255 e. The smallest absolute Gasteiger partial charge is 0.0886 e. The van der Waals surface area contributed by atoms with E-state index in [0.717, 1.165) is 17.0 Å². The van der Waals surface area contributed by atoms with Gasteiger partial charge in [0.25, 0.3) is 0 Å². The molecule has 0 fully saturated rings. The van der Waals surface area contributed by atoms with Gasteiger partial charge in [-0.25, -0.2) is 0 Å². The Balaban J connectivity index is 0.000000470. The summed E-state index contributed by atoms with van der Waals surface area (Å²) in [5.74, 6) is 0. The van der Waals surface area contributed by atoms with Gasteiger partial charge in [0.1, 0.15) is 0 Å². The molecular formula is C20H28N2. The molecule has 0 atom stereocenters. The van der Waals surface area contributed by atoms with Gasteiger partial charge < -0.3 is 0 Å². The van der Waals surface area contributed by atoms with E-state index in [1.807, 2.05) is 50.3 Å². The predicted molar refractivity (Wildman–Crippen MR) is 98.6 cm³/mol. The van der Waals surface area contributed by atoms with Crippen molar-refractivity contribution in [1.29, 1.82) is 0 Å². The molecule has 2 heterocycles. The van der Waals surface area contributed by atoms with E-state index in [4.69, 9.17) is 0 Å². The van der Waals surface area contributed by atoms with Crippen molar-refractivity contribution in [3.05, 3.63) is 67.5 Å². The summed E-state index contributed by atoms with van der Waals surface area (Å²) in [6, 6.07) is 9.70. The van der Waals surface area contributed by atoms with Crippen LogP contribution in [0.2, 0.25) is 0 Å². The summed E-state index contributed by atoms with van der Waals surface area (Å²) < 4.78 is 0. The first-order valence-corrected chi connectivity index (χ1v) is 7.92. The van der Waals surface area contributed by atoms with E-state index < -0.39 is 0 Å². The summed E-state index contributed by atoms with van der Waals surface area (Å²) in [6.07, 6.45) is 11.0. The standard InChI is InChI=1S/C12H10N2.C6H12.C2H6/c1-2-10-6-7-12(14-9-10)11-5-3-4-8-13-11;1-3-5-6-4-2;1-2/h2-9H,1H2;3H,1,4-6H2,2H3;1-2H3. The lowest BCUT2D eigenvalue weighted by Crippen LogP contribution is -1.86. The van der Waals surface area contributed by atoms with Gasteiger partial charge in [0.05, 0.1) is 11.4 Å². The highest BCUT2D eigenvalue weighted by molar-refractivity contribution is 5.56. The van der Waals surface area contributed by atoms with Crippen LogP contribution in [-0.4, -0.2) is 9.97 Å². The van der Waals surface area contributed by atoms with Gasteiger partial charge in [-0.05, 0) is 30.2 Å². The summed E-state index contributed by atoms with van der Waals surface area (Å²) in [5.41, 5.74) is 2.80. The summed E-state index contributed by atoms with van der Waals surface area (Å²) in [4.78, 5) is 8.50. The molecule has 2 aromatic rings. The van der Waals surface area contributed by atoms with Crippen LogP contribution < -0.4 is 0 Å². The summed E-state index contributed by atoms with van der Waals surface area (Å²) in [5, 5.41) is 0. The first kappa shape index (κ1) is 19.8. The highest BCUT2D eigenvalue weighted by Gasteiger charge is 1.97. The molecule has 0 amide bonds. The van der Waals surface area contributed by atoms with Crippen LogP contribution >= 0.6 is 0 Å². The zero-order valence-electron chi connectivity index (χ0n) is 14.1. The fourth-order valence-corrected chi connectivity index (χ4v) is 1.54. The second kappa shape index (κ2) is 13.7. The number of hydrogen-bond acceptors (Lipinski definition) is 2. The third kappa shape index (κ3) is 8.15. The molecule has 2 heteroatoms. The Labute approximate surface area is 135 Å². The first-order valence-electron chi connectivity index (χ1n) is 7.92. The van der Waals surface area contributed by atoms with Gasteiger partial charge in [-0.2, -0.15) is 0 Å². The van der Waals surface area contributed by atoms with Crippen molar-refractivity contribution in [2.24, 2.45) is 0 Å². The maximum absolute atomic E-state index is 4.29. The molecule has 2 rings (SSSR count). The maximum atomic E-state index is 4.29. The molecule has 0 radical (unpaired) electrons. The van der Waals surface area contributed by atoms with Gasteiger partial charge in [-0.3, -0.25) is 9.97 Å². The second-order valence-electron chi connectivity index (χ2n) is 4.33. The quantitative estimate of drug-likeness (QED) is 0.486. The Morgan fingerprint density at radius 3 is 2.14 bits per heavy atom. The molecule has 0 saturated heterocycles. The van der Waals surface area contributed by atoms with E-state index in [1.54, 1.807) is 18.5 Å². The molecule has 2 nitrogen and oxygen atoms in total. The van der Waals surface area contributed by atoms with Crippen LogP contribution in [-0.2, 0) is 0 Å². The first-order chi connectivity index (χ1) is 10.8. The molecule has 0 unspecified atom stereocenters. The topological polar surface area (TPSA) is 25.8 Å². The zero-order chi connectivity index (χ0) is 16.6. The Morgan fingerprint density at radius 2 is 1.73 bits per heavy atom. The average molecular weight is 296 g/mol.